The number of carbonyl (C=O) groups is 4. The standard InChI is InChI=1S/C10H16N2O8.2Cu/c13-7(14)3-11(4-8(15)16)1-2-12(5-9(17)18)6-10(19)20;;/h1-6H2,(H,13,14)(H,15,16)(H,17,18)(H,19,20);;. The first-order valence-corrected chi connectivity index (χ1v) is 5.52. The van der Waals surface area contributed by atoms with E-state index in [2.05, 4.69) is 0 Å². The Kier molecular flexibility index (Phi) is 15.8. The summed E-state index contributed by atoms with van der Waals surface area (Å²) in [5.74, 6) is -4.91. The van der Waals surface area contributed by atoms with Crippen LogP contribution in [0, 0.1) is 0 Å². The molecule has 0 atom stereocenters. The van der Waals surface area contributed by atoms with Crippen LogP contribution in [-0.2, 0) is 53.3 Å². The molecule has 0 aliphatic rings. The molecule has 12 heteroatoms. The fraction of sp³-hybridized carbons (Fsp3) is 0.600. The predicted octanol–water partition coefficient (Wildman–Crippen LogP) is -2.08. The van der Waals surface area contributed by atoms with Gasteiger partial charge in [-0.25, -0.2) is 0 Å². The number of aliphatic carboxylic acids is 4. The zero-order chi connectivity index (χ0) is 15.7. The van der Waals surface area contributed by atoms with Gasteiger partial charge >= 0.3 is 23.9 Å². The van der Waals surface area contributed by atoms with Crippen LogP contribution < -0.4 is 0 Å². The van der Waals surface area contributed by atoms with Crippen molar-refractivity contribution in [2.75, 3.05) is 39.3 Å². The first kappa shape index (κ1) is 25.8. The Morgan fingerprint density at radius 2 is 0.727 bits per heavy atom. The molecule has 2 radical (unpaired) electrons. The van der Waals surface area contributed by atoms with Gasteiger partial charge in [0.25, 0.3) is 0 Å². The number of nitrogens with zero attached hydrogens (tertiary/aromatic N) is 2. The van der Waals surface area contributed by atoms with Gasteiger partial charge in [-0.15, -0.1) is 0 Å². The average Bonchev–Trinajstić information content (AvgIpc) is 2.22. The molecule has 0 fully saturated rings. The largest absolute Gasteiger partial charge is 0.480 e. The Balaban J connectivity index is -0.00000180. The van der Waals surface area contributed by atoms with E-state index in [0.717, 1.165) is 9.80 Å². The van der Waals surface area contributed by atoms with Gasteiger partial charge in [0, 0.05) is 47.2 Å². The molecule has 0 spiro atoms. The molecule has 0 aliphatic heterocycles. The summed E-state index contributed by atoms with van der Waals surface area (Å²) in [6.07, 6.45) is 0. The number of hydrogen-bond acceptors (Lipinski definition) is 6. The normalized spacial score (nSPS) is 9.73. The van der Waals surface area contributed by atoms with Crippen molar-refractivity contribution >= 4 is 23.9 Å². The van der Waals surface area contributed by atoms with Gasteiger partial charge in [0.2, 0.25) is 0 Å². The van der Waals surface area contributed by atoms with Gasteiger partial charge in [0.15, 0.2) is 0 Å². The molecule has 0 saturated heterocycles. The fourth-order valence-corrected chi connectivity index (χ4v) is 1.48. The summed E-state index contributed by atoms with van der Waals surface area (Å²) in [6.45, 7) is -2.25. The molecule has 0 aromatic rings. The van der Waals surface area contributed by atoms with Crippen LogP contribution in [0.3, 0.4) is 0 Å². The predicted molar refractivity (Wildman–Crippen MR) is 63.4 cm³/mol. The minimum absolute atomic E-state index is 0. The maximum absolute atomic E-state index is 10.6. The quantitative estimate of drug-likeness (QED) is 0.274. The van der Waals surface area contributed by atoms with E-state index in [0.29, 0.717) is 0 Å². The number of hydrogen-bond donors (Lipinski definition) is 4. The summed E-state index contributed by atoms with van der Waals surface area (Å²) in [5.41, 5.74) is 0. The Morgan fingerprint density at radius 1 is 0.545 bits per heavy atom. The Labute approximate surface area is 147 Å². The van der Waals surface area contributed by atoms with Crippen molar-refractivity contribution in [1.29, 1.82) is 0 Å². The van der Waals surface area contributed by atoms with E-state index in [1.165, 1.54) is 0 Å². The van der Waals surface area contributed by atoms with Crippen LogP contribution in [0.4, 0.5) is 0 Å². The summed E-state index contributed by atoms with van der Waals surface area (Å²) in [7, 11) is 0. The third-order valence-electron chi connectivity index (χ3n) is 2.17. The zero-order valence-electron chi connectivity index (χ0n) is 11.2. The van der Waals surface area contributed by atoms with E-state index < -0.39 is 50.1 Å². The van der Waals surface area contributed by atoms with Gasteiger partial charge in [-0.2, -0.15) is 0 Å². The number of carboxylic acid groups (broad SMARTS) is 4. The average molecular weight is 419 g/mol. The molecule has 0 rings (SSSR count). The van der Waals surface area contributed by atoms with Crippen molar-refractivity contribution in [3.63, 3.8) is 0 Å². The van der Waals surface area contributed by atoms with Gasteiger partial charge in [0.1, 0.15) is 0 Å². The van der Waals surface area contributed by atoms with Crippen molar-refractivity contribution < 1.29 is 73.7 Å². The molecule has 0 unspecified atom stereocenters. The molecular formula is C10H16Cu2N2O8. The molecule has 0 aromatic carbocycles. The van der Waals surface area contributed by atoms with Crippen LogP contribution >= 0.6 is 0 Å². The van der Waals surface area contributed by atoms with Crippen LogP contribution in [0.5, 0.6) is 0 Å². The summed E-state index contributed by atoms with van der Waals surface area (Å²) in [4.78, 5) is 44.4. The molecule has 0 saturated carbocycles. The molecule has 0 bridgehead atoms. The van der Waals surface area contributed by atoms with Crippen molar-refractivity contribution in [3.05, 3.63) is 0 Å². The Bertz CT molecular complexity index is 325. The summed E-state index contributed by atoms with van der Waals surface area (Å²) in [5, 5.41) is 34.5. The molecule has 10 nitrogen and oxygen atoms in total. The second kappa shape index (κ2) is 13.5. The third kappa shape index (κ3) is 15.2. The van der Waals surface area contributed by atoms with Crippen LogP contribution in [0.1, 0.15) is 0 Å². The second-order valence-electron chi connectivity index (χ2n) is 4.00. The monoisotopic (exact) mass is 418 g/mol. The summed E-state index contributed by atoms with van der Waals surface area (Å²) in [6, 6.07) is 0. The number of carboxylic acids is 4. The van der Waals surface area contributed by atoms with E-state index in [9.17, 15) is 19.2 Å². The minimum atomic E-state index is -1.23. The van der Waals surface area contributed by atoms with Crippen LogP contribution in [0.15, 0.2) is 0 Å². The van der Waals surface area contributed by atoms with Gasteiger partial charge < -0.3 is 20.4 Å². The summed E-state index contributed by atoms with van der Waals surface area (Å²) >= 11 is 0. The maximum Gasteiger partial charge on any atom is 0.317 e. The molecule has 0 heterocycles. The maximum atomic E-state index is 10.6. The Hall–Kier alpha value is -1.16. The number of rotatable bonds is 11. The van der Waals surface area contributed by atoms with Gasteiger partial charge in [-0.3, -0.25) is 29.0 Å². The smallest absolute Gasteiger partial charge is 0.317 e. The first-order chi connectivity index (χ1) is 9.20. The minimum Gasteiger partial charge on any atom is -0.480 e. The molecule has 136 valence electrons. The fourth-order valence-electron chi connectivity index (χ4n) is 1.48. The second-order valence-corrected chi connectivity index (χ2v) is 4.00. The Morgan fingerprint density at radius 3 is 0.864 bits per heavy atom. The van der Waals surface area contributed by atoms with E-state index >= 15 is 0 Å². The molecule has 0 aliphatic carbocycles. The van der Waals surface area contributed by atoms with Crippen LogP contribution in [-0.4, -0.2) is 93.4 Å². The summed E-state index contributed by atoms with van der Waals surface area (Å²) < 4.78 is 0. The van der Waals surface area contributed by atoms with E-state index in [1.54, 1.807) is 0 Å². The van der Waals surface area contributed by atoms with E-state index in [1.807, 2.05) is 0 Å². The van der Waals surface area contributed by atoms with Crippen molar-refractivity contribution in [3.8, 4) is 0 Å². The SMILES string of the molecule is O=C(O)CN(CCN(CC(=O)O)CC(=O)O)CC(=O)O.[Cu].[Cu]. The van der Waals surface area contributed by atoms with Crippen LogP contribution in [0.2, 0.25) is 0 Å². The van der Waals surface area contributed by atoms with Gasteiger partial charge in [-0.05, 0) is 0 Å². The van der Waals surface area contributed by atoms with Gasteiger partial charge in [0.05, 0.1) is 26.2 Å². The first-order valence-electron chi connectivity index (χ1n) is 5.52. The van der Waals surface area contributed by atoms with Gasteiger partial charge in [-0.1, -0.05) is 0 Å². The molecule has 4 N–H and O–H groups in total. The molecular weight excluding hydrogens is 403 g/mol. The van der Waals surface area contributed by atoms with Crippen LogP contribution in [0.25, 0.3) is 0 Å². The van der Waals surface area contributed by atoms with E-state index in [-0.39, 0.29) is 47.2 Å². The van der Waals surface area contributed by atoms with E-state index in [4.69, 9.17) is 20.4 Å². The zero-order valence-corrected chi connectivity index (χ0v) is 13.0. The topological polar surface area (TPSA) is 156 Å². The van der Waals surface area contributed by atoms with Crippen molar-refractivity contribution in [1.82, 2.24) is 9.80 Å². The molecule has 22 heavy (non-hydrogen) atoms. The van der Waals surface area contributed by atoms with Crippen molar-refractivity contribution in [2.45, 2.75) is 0 Å². The van der Waals surface area contributed by atoms with Crippen molar-refractivity contribution in [2.24, 2.45) is 0 Å². The third-order valence-corrected chi connectivity index (χ3v) is 2.17. The molecule has 0 aromatic heterocycles. The molecule has 0 amide bonds.